The summed E-state index contributed by atoms with van der Waals surface area (Å²) in [6.45, 7) is 0. The van der Waals surface area contributed by atoms with Crippen molar-refractivity contribution < 1.29 is 9.59 Å². The molecular formula is C15H10ClN3O2. The van der Waals surface area contributed by atoms with Gasteiger partial charge in [-0.1, -0.05) is 29.8 Å². The number of nitrogens with zero attached hydrogens (tertiary/aromatic N) is 1. The lowest BCUT2D eigenvalue weighted by atomic mass is 10.2. The van der Waals surface area contributed by atoms with Crippen LogP contribution in [-0.4, -0.2) is 11.8 Å². The number of hydrogen-bond donors (Lipinski definition) is 2. The summed E-state index contributed by atoms with van der Waals surface area (Å²) in [5.41, 5.74) is 0.976. The van der Waals surface area contributed by atoms with Crippen molar-refractivity contribution >= 4 is 34.8 Å². The molecule has 0 saturated heterocycles. The number of rotatable bonds is 2. The second-order valence-electron chi connectivity index (χ2n) is 4.08. The van der Waals surface area contributed by atoms with E-state index < -0.39 is 11.8 Å². The van der Waals surface area contributed by atoms with Crippen molar-refractivity contribution in [3.8, 4) is 6.07 Å². The molecule has 0 atom stereocenters. The molecule has 0 fully saturated rings. The van der Waals surface area contributed by atoms with Crippen molar-refractivity contribution in [2.75, 3.05) is 10.6 Å². The monoisotopic (exact) mass is 299 g/mol. The van der Waals surface area contributed by atoms with Gasteiger partial charge in [-0.25, -0.2) is 0 Å². The Kier molecular flexibility index (Phi) is 4.54. The van der Waals surface area contributed by atoms with Crippen LogP contribution in [0.5, 0.6) is 0 Å². The fraction of sp³-hybridized carbons (Fsp3) is 0. The highest BCUT2D eigenvalue weighted by Gasteiger charge is 2.15. The number of carbonyl (C=O) groups excluding carboxylic acids is 2. The zero-order valence-electron chi connectivity index (χ0n) is 10.8. The number of nitrogens with one attached hydrogen (secondary N) is 2. The number of nitriles is 1. The summed E-state index contributed by atoms with van der Waals surface area (Å²) in [6, 6.07) is 14.8. The Morgan fingerprint density at radius 2 is 1.71 bits per heavy atom. The Labute approximate surface area is 126 Å². The number of halogens is 1. The van der Waals surface area contributed by atoms with Crippen LogP contribution in [-0.2, 0) is 9.59 Å². The summed E-state index contributed by atoms with van der Waals surface area (Å²) < 4.78 is 0. The van der Waals surface area contributed by atoms with Gasteiger partial charge >= 0.3 is 11.8 Å². The van der Waals surface area contributed by atoms with Crippen LogP contribution in [0.15, 0.2) is 48.5 Å². The van der Waals surface area contributed by atoms with Crippen molar-refractivity contribution in [3.63, 3.8) is 0 Å². The van der Waals surface area contributed by atoms with E-state index in [1.54, 1.807) is 42.5 Å². The van der Waals surface area contributed by atoms with Gasteiger partial charge in [0.15, 0.2) is 0 Å². The van der Waals surface area contributed by atoms with E-state index in [4.69, 9.17) is 16.9 Å². The predicted molar refractivity (Wildman–Crippen MR) is 79.9 cm³/mol. The number of benzene rings is 2. The van der Waals surface area contributed by atoms with Gasteiger partial charge in [-0.3, -0.25) is 9.59 Å². The van der Waals surface area contributed by atoms with E-state index in [9.17, 15) is 9.59 Å². The third kappa shape index (κ3) is 3.81. The van der Waals surface area contributed by atoms with E-state index >= 15 is 0 Å². The summed E-state index contributed by atoms with van der Waals surface area (Å²) >= 11 is 5.79. The first-order chi connectivity index (χ1) is 10.1. The topological polar surface area (TPSA) is 82.0 Å². The number of anilines is 2. The van der Waals surface area contributed by atoms with Crippen LogP contribution in [0.4, 0.5) is 11.4 Å². The maximum Gasteiger partial charge on any atom is 0.314 e. The van der Waals surface area contributed by atoms with Crippen LogP contribution in [0.2, 0.25) is 5.02 Å². The molecule has 0 aliphatic carbocycles. The fourth-order valence-electron chi connectivity index (χ4n) is 1.62. The molecule has 2 N–H and O–H groups in total. The van der Waals surface area contributed by atoms with Crippen LogP contribution in [0, 0.1) is 11.3 Å². The quantitative estimate of drug-likeness (QED) is 0.837. The van der Waals surface area contributed by atoms with Crippen molar-refractivity contribution in [2.45, 2.75) is 0 Å². The lowest BCUT2D eigenvalue weighted by molar-refractivity contribution is -0.133. The van der Waals surface area contributed by atoms with Crippen LogP contribution in [0.1, 0.15) is 5.56 Å². The van der Waals surface area contributed by atoms with Gasteiger partial charge in [0.25, 0.3) is 0 Å². The van der Waals surface area contributed by atoms with Crippen molar-refractivity contribution in [3.05, 3.63) is 59.1 Å². The summed E-state index contributed by atoms with van der Waals surface area (Å²) in [5.74, 6) is -1.71. The zero-order valence-corrected chi connectivity index (χ0v) is 11.5. The molecule has 2 amide bonds. The van der Waals surface area contributed by atoms with Crippen molar-refractivity contribution in [2.24, 2.45) is 0 Å². The van der Waals surface area contributed by atoms with E-state index in [-0.39, 0.29) is 11.3 Å². The van der Waals surface area contributed by atoms with Crippen LogP contribution in [0.25, 0.3) is 0 Å². The Morgan fingerprint density at radius 1 is 1.00 bits per heavy atom. The van der Waals surface area contributed by atoms with Crippen LogP contribution in [0.3, 0.4) is 0 Å². The Balaban J connectivity index is 2.07. The molecule has 0 aliphatic rings. The molecule has 104 valence electrons. The van der Waals surface area contributed by atoms with E-state index in [1.165, 1.54) is 6.07 Å². The Morgan fingerprint density at radius 3 is 2.43 bits per heavy atom. The lowest BCUT2D eigenvalue weighted by Crippen LogP contribution is -2.29. The largest absolute Gasteiger partial charge is 0.318 e. The molecule has 0 radical (unpaired) electrons. The molecule has 0 unspecified atom stereocenters. The van der Waals surface area contributed by atoms with Crippen molar-refractivity contribution in [1.82, 2.24) is 0 Å². The average Bonchev–Trinajstić information content (AvgIpc) is 2.47. The van der Waals surface area contributed by atoms with Gasteiger partial charge in [0.05, 0.1) is 11.3 Å². The highest BCUT2D eigenvalue weighted by atomic mass is 35.5. The Bertz CT molecular complexity index is 738. The number of carbonyl (C=O) groups is 2. The summed E-state index contributed by atoms with van der Waals surface area (Å²) in [7, 11) is 0. The molecule has 21 heavy (non-hydrogen) atoms. The minimum Gasteiger partial charge on any atom is -0.318 e. The standard InChI is InChI=1S/C15H10ClN3O2/c16-11-5-3-6-12(8-11)18-14(20)15(21)19-13-7-2-1-4-10(13)9-17/h1-8H,(H,18,20)(H,19,21). The molecule has 0 spiro atoms. The molecule has 0 bridgehead atoms. The first-order valence-electron chi connectivity index (χ1n) is 5.97. The fourth-order valence-corrected chi connectivity index (χ4v) is 1.81. The number of para-hydroxylation sites is 1. The van der Waals surface area contributed by atoms with Gasteiger partial charge in [0.2, 0.25) is 0 Å². The molecular weight excluding hydrogens is 290 g/mol. The minimum atomic E-state index is -0.863. The van der Waals surface area contributed by atoms with Gasteiger partial charge in [0, 0.05) is 10.7 Å². The molecule has 6 heteroatoms. The summed E-state index contributed by atoms with van der Waals surface area (Å²) in [5, 5.41) is 14.2. The molecule has 2 aromatic rings. The highest BCUT2D eigenvalue weighted by Crippen LogP contribution is 2.16. The molecule has 2 aromatic carbocycles. The average molecular weight is 300 g/mol. The molecule has 0 aromatic heterocycles. The zero-order chi connectivity index (χ0) is 15.2. The first kappa shape index (κ1) is 14.6. The maximum absolute atomic E-state index is 11.8. The van der Waals surface area contributed by atoms with E-state index in [0.717, 1.165) is 0 Å². The van der Waals surface area contributed by atoms with Gasteiger partial charge < -0.3 is 10.6 Å². The van der Waals surface area contributed by atoms with Gasteiger partial charge in [-0.2, -0.15) is 5.26 Å². The summed E-state index contributed by atoms with van der Waals surface area (Å²) in [6.07, 6.45) is 0. The third-order valence-corrected chi connectivity index (χ3v) is 2.82. The predicted octanol–water partition coefficient (Wildman–Crippen LogP) is 2.79. The molecule has 5 nitrogen and oxygen atoms in total. The van der Waals surface area contributed by atoms with Crippen LogP contribution < -0.4 is 10.6 Å². The SMILES string of the molecule is N#Cc1ccccc1NC(=O)C(=O)Nc1cccc(Cl)c1. The number of amides is 2. The first-order valence-corrected chi connectivity index (χ1v) is 6.35. The molecule has 0 saturated carbocycles. The van der Waals surface area contributed by atoms with E-state index in [2.05, 4.69) is 10.6 Å². The minimum absolute atomic E-state index is 0.279. The number of hydrogen-bond acceptors (Lipinski definition) is 3. The van der Waals surface area contributed by atoms with Gasteiger partial charge in [-0.15, -0.1) is 0 Å². The molecule has 0 heterocycles. The molecule has 2 rings (SSSR count). The normalized spacial score (nSPS) is 9.52. The van der Waals surface area contributed by atoms with E-state index in [1.807, 2.05) is 6.07 Å². The lowest BCUT2D eigenvalue weighted by Gasteiger charge is -2.07. The molecule has 0 aliphatic heterocycles. The van der Waals surface area contributed by atoms with Gasteiger partial charge in [0.1, 0.15) is 6.07 Å². The second-order valence-corrected chi connectivity index (χ2v) is 4.51. The van der Waals surface area contributed by atoms with Gasteiger partial charge in [-0.05, 0) is 30.3 Å². The van der Waals surface area contributed by atoms with Crippen LogP contribution >= 0.6 is 11.6 Å². The van der Waals surface area contributed by atoms with E-state index in [0.29, 0.717) is 10.7 Å². The maximum atomic E-state index is 11.8. The Hall–Kier alpha value is -2.84. The third-order valence-electron chi connectivity index (χ3n) is 2.58. The summed E-state index contributed by atoms with van der Waals surface area (Å²) in [4.78, 5) is 23.6. The highest BCUT2D eigenvalue weighted by molar-refractivity contribution is 6.43. The second kappa shape index (κ2) is 6.55. The smallest absolute Gasteiger partial charge is 0.314 e. The van der Waals surface area contributed by atoms with Crippen molar-refractivity contribution in [1.29, 1.82) is 5.26 Å².